The number of halogens is 3. The molecule has 0 saturated carbocycles. The summed E-state index contributed by atoms with van der Waals surface area (Å²) in [4.78, 5) is 0. The van der Waals surface area contributed by atoms with Gasteiger partial charge in [0.05, 0.1) is 5.69 Å². The first kappa shape index (κ1) is 13.4. The fraction of sp³-hybridized carbons (Fsp3) is 0.0769. The maximum Gasteiger partial charge on any atom is 0.142 e. The third-order valence-electron chi connectivity index (χ3n) is 2.37. The van der Waals surface area contributed by atoms with Gasteiger partial charge in [-0.05, 0) is 30.3 Å². The lowest BCUT2D eigenvalue weighted by Crippen LogP contribution is -2.00. The molecule has 0 saturated heterocycles. The molecule has 94 valence electrons. The van der Waals surface area contributed by atoms with Gasteiger partial charge in [-0.1, -0.05) is 37.9 Å². The van der Waals surface area contributed by atoms with Crippen LogP contribution in [-0.4, -0.2) is 0 Å². The van der Waals surface area contributed by atoms with Gasteiger partial charge < -0.3 is 10.5 Å². The number of nitrogen functional groups attached to an aromatic ring is 1. The normalized spacial score (nSPS) is 10.4. The van der Waals surface area contributed by atoms with Crippen molar-refractivity contribution in [1.82, 2.24) is 0 Å². The van der Waals surface area contributed by atoms with Gasteiger partial charge >= 0.3 is 0 Å². The van der Waals surface area contributed by atoms with Crippen molar-refractivity contribution < 1.29 is 9.13 Å². The van der Waals surface area contributed by atoms with Crippen molar-refractivity contribution in [3.8, 4) is 5.75 Å². The van der Waals surface area contributed by atoms with E-state index in [1.165, 1.54) is 6.07 Å². The van der Waals surface area contributed by atoms with E-state index in [0.29, 0.717) is 21.5 Å². The van der Waals surface area contributed by atoms with Crippen LogP contribution in [0.1, 0.15) is 5.56 Å². The van der Waals surface area contributed by atoms with Crippen LogP contribution in [0.3, 0.4) is 0 Å². The molecule has 5 heteroatoms. The third-order valence-corrected chi connectivity index (χ3v) is 3.36. The monoisotopic (exact) mass is 373 g/mol. The predicted molar refractivity (Wildman–Crippen MR) is 77.0 cm³/mol. The van der Waals surface area contributed by atoms with Crippen molar-refractivity contribution in [1.29, 1.82) is 0 Å². The number of hydrogen-bond donors (Lipinski definition) is 1. The first-order valence-corrected chi connectivity index (χ1v) is 6.76. The van der Waals surface area contributed by atoms with Crippen molar-refractivity contribution in [2.45, 2.75) is 6.61 Å². The van der Waals surface area contributed by atoms with Crippen molar-refractivity contribution in [2.75, 3.05) is 5.73 Å². The minimum Gasteiger partial charge on any atom is -0.487 e. The Kier molecular flexibility index (Phi) is 4.24. The van der Waals surface area contributed by atoms with Crippen LogP contribution >= 0.6 is 31.9 Å². The van der Waals surface area contributed by atoms with E-state index in [0.717, 1.165) is 4.47 Å². The Morgan fingerprint density at radius 1 is 1.06 bits per heavy atom. The summed E-state index contributed by atoms with van der Waals surface area (Å²) in [5.74, 6) is 0.237. The van der Waals surface area contributed by atoms with Crippen LogP contribution < -0.4 is 10.5 Å². The molecule has 0 bridgehead atoms. The van der Waals surface area contributed by atoms with Crippen LogP contribution in [0.5, 0.6) is 5.75 Å². The van der Waals surface area contributed by atoms with Crippen LogP contribution in [0.2, 0.25) is 0 Å². The second kappa shape index (κ2) is 5.71. The zero-order valence-electron chi connectivity index (χ0n) is 9.29. The van der Waals surface area contributed by atoms with Crippen LogP contribution in [0.15, 0.2) is 45.3 Å². The first-order valence-electron chi connectivity index (χ1n) is 5.18. The molecule has 0 aliphatic carbocycles. The average molecular weight is 375 g/mol. The van der Waals surface area contributed by atoms with Gasteiger partial charge in [-0.3, -0.25) is 0 Å². The van der Waals surface area contributed by atoms with Gasteiger partial charge in [0.15, 0.2) is 0 Å². The molecule has 2 nitrogen and oxygen atoms in total. The van der Waals surface area contributed by atoms with Crippen LogP contribution in [-0.2, 0) is 6.61 Å². The van der Waals surface area contributed by atoms with Crippen molar-refractivity contribution in [2.24, 2.45) is 0 Å². The summed E-state index contributed by atoms with van der Waals surface area (Å²) in [6.45, 7) is 0.144. The van der Waals surface area contributed by atoms with Gasteiger partial charge in [0.1, 0.15) is 18.2 Å². The van der Waals surface area contributed by atoms with E-state index >= 15 is 0 Å². The Labute approximate surface area is 121 Å². The lowest BCUT2D eigenvalue weighted by atomic mass is 10.2. The number of rotatable bonds is 3. The molecule has 0 spiro atoms. The summed E-state index contributed by atoms with van der Waals surface area (Å²) < 4.78 is 20.6. The van der Waals surface area contributed by atoms with E-state index in [9.17, 15) is 4.39 Å². The molecular formula is C13H10Br2FNO. The molecule has 2 aromatic carbocycles. The zero-order chi connectivity index (χ0) is 13.1. The number of nitrogens with two attached hydrogens (primary N) is 1. The molecule has 0 atom stereocenters. The molecule has 0 aliphatic rings. The average Bonchev–Trinajstić information content (AvgIpc) is 2.30. The summed E-state index contributed by atoms with van der Waals surface area (Å²) in [5.41, 5.74) is 6.79. The van der Waals surface area contributed by atoms with Gasteiger partial charge in [-0.25, -0.2) is 4.39 Å². The maximum absolute atomic E-state index is 13.6. The summed E-state index contributed by atoms with van der Waals surface area (Å²) in [6.07, 6.45) is 0. The first-order chi connectivity index (χ1) is 8.56. The van der Waals surface area contributed by atoms with E-state index in [1.54, 1.807) is 24.3 Å². The van der Waals surface area contributed by atoms with Crippen molar-refractivity contribution in [3.63, 3.8) is 0 Å². The quantitative estimate of drug-likeness (QED) is 0.802. The highest BCUT2D eigenvalue weighted by atomic mass is 79.9. The number of ether oxygens (including phenoxy) is 1. The maximum atomic E-state index is 13.6. The van der Waals surface area contributed by atoms with Gasteiger partial charge in [0.2, 0.25) is 0 Å². The van der Waals surface area contributed by atoms with E-state index in [2.05, 4.69) is 31.9 Å². The smallest absolute Gasteiger partial charge is 0.142 e. The highest BCUT2D eigenvalue weighted by Gasteiger charge is 2.06. The lowest BCUT2D eigenvalue weighted by Gasteiger charge is -2.10. The molecule has 18 heavy (non-hydrogen) atoms. The van der Waals surface area contributed by atoms with Gasteiger partial charge in [0, 0.05) is 14.5 Å². The minimum atomic E-state index is -0.306. The molecule has 0 aliphatic heterocycles. The minimum absolute atomic E-state index is 0.144. The van der Waals surface area contributed by atoms with Crippen LogP contribution in [0.4, 0.5) is 10.1 Å². The van der Waals surface area contributed by atoms with Gasteiger partial charge in [0.25, 0.3) is 0 Å². The summed E-state index contributed by atoms with van der Waals surface area (Å²) in [6, 6.07) is 10.2. The van der Waals surface area contributed by atoms with E-state index < -0.39 is 0 Å². The van der Waals surface area contributed by atoms with Crippen LogP contribution in [0, 0.1) is 5.82 Å². The molecule has 2 N–H and O–H groups in total. The number of anilines is 1. The van der Waals surface area contributed by atoms with Gasteiger partial charge in [-0.2, -0.15) is 0 Å². The molecule has 0 unspecified atom stereocenters. The lowest BCUT2D eigenvalue weighted by molar-refractivity contribution is 0.301. The Morgan fingerprint density at radius 3 is 2.39 bits per heavy atom. The largest absolute Gasteiger partial charge is 0.487 e. The molecule has 0 fully saturated rings. The van der Waals surface area contributed by atoms with Crippen molar-refractivity contribution in [3.05, 3.63) is 56.7 Å². The topological polar surface area (TPSA) is 35.2 Å². The standard InChI is InChI=1S/C13H10Br2FNO/c14-9-2-1-8(11(16)5-9)7-18-13-4-3-10(15)6-12(13)17/h1-6H,7,17H2. The Hall–Kier alpha value is -1.07. The molecule has 2 aromatic rings. The SMILES string of the molecule is Nc1cc(Br)ccc1OCc1ccc(Br)cc1F. The fourth-order valence-electron chi connectivity index (χ4n) is 1.45. The summed E-state index contributed by atoms with van der Waals surface area (Å²) in [7, 11) is 0. The fourth-order valence-corrected chi connectivity index (χ4v) is 2.16. The molecule has 0 aromatic heterocycles. The van der Waals surface area contributed by atoms with Crippen molar-refractivity contribution >= 4 is 37.5 Å². The molecule has 0 amide bonds. The van der Waals surface area contributed by atoms with Gasteiger partial charge in [-0.15, -0.1) is 0 Å². The molecule has 0 heterocycles. The third kappa shape index (κ3) is 3.23. The zero-order valence-corrected chi connectivity index (χ0v) is 12.5. The second-order valence-corrected chi connectivity index (χ2v) is 5.54. The van der Waals surface area contributed by atoms with E-state index in [4.69, 9.17) is 10.5 Å². The molecule has 2 rings (SSSR count). The Morgan fingerprint density at radius 2 is 1.72 bits per heavy atom. The summed E-state index contributed by atoms with van der Waals surface area (Å²) >= 11 is 6.52. The Balaban J connectivity index is 2.11. The molecular weight excluding hydrogens is 365 g/mol. The van der Waals surface area contributed by atoms with E-state index in [1.807, 2.05) is 6.07 Å². The molecule has 0 radical (unpaired) electrons. The Bertz CT molecular complexity index is 523. The highest BCUT2D eigenvalue weighted by molar-refractivity contribution is 9.10. The van der Waals surface area contributed by atoms with Crippen LogP contribution in [0.25, 0.3) is 0 Å². The second-order valence-electron chi connectivity index (χ2n) is 3.71. The highest BCUT2D eigenvalue weighted by Crippen LogP contribution is 2.26. The van der Waals surface area contributed by atoms with E-state index in [-0.39, 0.29) is 12.4 Å². The summed E-state index contributed by atoms with van der Waals surface area (Å²) in [5, 5.41) is 0. The number of hydrogen-bond acceptors (Lipinski definition) is 2. The predicted octanol–water partition coefficient (Wildman–Crippen LogP) is 4.51. The number of benzene rings is 2.